The first-order valence-electron chi connectivity index (χ1n) is 7.65. The van der Waals surface area contributed by atoms with E-state index in [1.807, 2.05) is 24.8 Å². The van der Waals surface area contributed by atoms with Gasteiger partial charge < -0.3 is 14.4 Å². The van der Waals surface area contributed by atoms with Crippen molar-refractivity contribution < 1.29 is 14.3 Å². The van der Waals surface area contributed by atoms with Gasteiger partial charge in [0.15, 0.2) is 0 Å². The summed E-state index contributed by atoms with van der Waals surface area (Å²) in [4.78, 5) is 16.9. The van der Waals surface area contributed by atoms with Gasteiger partial charge in [-0.05, 0) is 44.9 Å². The SMILES string of the molecule is Cc1cc(C(=O)N2CCCC2CC(O)c2ccco2)c(C)s1. The van der Waals surface area contributed by atoms with E-state index < -0.39 is 6.10 Å². The van der Waals surface area contributed by atoms with Gasteiger partial charge in [-0.25, -0.2) is 0 Å². The molecule has 1 fully saturated rings. The number of rotatable bonds is 4. The number of carbonyl (C=O) groups is 1. The molecule has 2 atom stereocenters. The summed E-state index contributed by atoms with van der Waals surface area (Å²) >= 11 is 1.66. The Kier molecular flexibility index (Phi) is 4.36. The smallest absolute Gasteiger partial charge is 0.255 e. The average molecular weight is 319 g/mol. The van der Waals surface area contributed by atoms with Crippen LogP contribution in [0.25, 0.3) is 0 Å². The lowest BCUT2D eigenvalue weighted by atomic mass is 10.0. The quantitative estimate of drug-likeness (QED) is 0.935. The van der Waals surface area contributed by atoms with Gasteiger partial charge in [0.25, 0.3) is 5.91 Å². The molecule has 1 aliphatic rings. The van der Waals surface area contributed by atoms with E-state index in [2.05, 4.69) is 0 Å². The minimum absolute atomic E-state index is 0.0761. The van der Waals surface area contributed by atoms with Crippen LogP contribution in [0.1, 0.15) is 51.2 Å². The predicted molar refractivity (Wildman–Crippen MR) is 86.1 cm³/mol. The number of amides is 1. The van der Waals surface area contributed by atoms with E-state index >= 15 is 0 Å². The molecular weight excluding hydrogens is 298 g/mol. The van der Waals surface area contributed by atoms with E-state index in [4.69, 9.17) is 4.42 Å². The lowest BCUT2D eigenvalue weighted by Crippen LogP contribution is -2.36. The summed E-state index contributed by atoms with van der Waals surface area (Å²) in [6.45, 7) is 4.78. The van der Waals surface area contributed by atoms with Gasteiger partial charge in [-0.2, -0.15) is 0 Å². The molecule has 1 amide bonds. The third kappa shape index (κ3) is 2.96. The van der Waals surface area contributed by atoms with Crippen LogP contribution in [-0.2, 0) is 0 Å². The third-order valence-corrected chi connectivity index (χ3v) is 5.24. The van der Waals surface area contributed by atoms with Crippen LogP contribution in [0.2, 0.25) is 0 Å². The van der Waals surface area contributed by atoms with Crippen molar-refractivity contribution in [2.75, 3.05) is 6.54 Å². The highest BCUT2D eigenvalue weighted by Crippen LogP contribution is 2.30. The second-order valence-electron chi connectivity index (χ2n) is 5.89. The molecule has 3 rings (SSSR count). The largest absolute Gasteiger partial charge is 0.467 e. The molecule has 2 aromatic heterocycles. The van der Waals surface area contributed by atoms with Gasteiger partial charge in [0.1, 0.15) is 11.9 Å². The van der Waals surface area contributed by atoms with Crippen molar-refractivity contribution in [1.29, 1.82) is 0 Å². The molecule has 2 unspecified atom stereocenters. The van der Waals surface area contributed by atoms with Gasteiger partial charge in [0.05, 0.1) is 11.8 Å². The molecule has 1 N–H and O–H groups in total. The van der Waals surface area contributed by atoms with Gasteiger partial charge in [-0.3, -0.25) is 4.79 Å². The van der Waals surface area contributed by atoms with Gasteiger partial charge in [-0.15, -0.1) is 11.3 Å². The molecule has 4 nitrogen and oxygen atoms in total. The van der Waals surface area contributed by atoms with Crippen LogP contribution < -0.4 is 0 Å². The van der Waals surface area contributed by atoms with E-state index in [1.54, 1.807) is 29.7 Å². The normalized spacial score (nSPS) is 19.6. The van der Waals surface area contributed by atoms with Crippen molar-refractivity contribution in [3.63, 3.8) is 0 Å². The molecule has 5 heteroatoms. The van der Waals surface area contributed by atoms with Crippen LogP contribution in [0.15, 0.2) is 28.9 Å². The summed E-state index contributed by atoms with van der Waals surface area (Å²) < 4.78 is 5.26. The molecule has 1 saturated heterocycles. The average Bonchev–Trinajstić information content (AvgIpc) is 3.19. The van der Waals surface area contributed by atoms with Gasteiger partial charge >= 0.3 is 0 Å². The number of likely N-dealkylation sites (tertiary alicyclic amines) is 1. The first kappa shape index (κ1) is 15.3. The lowest BCUT2D eigenvalue weighted by Gasteiger charge is -2.26. The van der Waals surface area contributed by atoms with Crippen molar-refractivity contribution in [2.24, 2.45) is 0 Å². The second-order valence-corrected chi connectivity index (χ2v) is 7.35. The van der Waals surface area contributed by atoms with Crippen LogP contribution in [0, 0.1) is 13.8 Å². The zero-order valence-corrected chi connectivity index (χ0v) is 13.7. The summed E-state index contributed by atoms with van der Waals surface area (Å²) in [7, 11) is 0. The Bertz CT molecular complexity index is 647. The number of furan rings is 1. The predicted octanol–water partition coefficient (Wildman–Crippen LogP) is 3.69. The molecule has 0 saturated carbocycles. The highest BCUT2D eigenvalue weighted by atomic mass is 32.1. The molecule has 0 spiro atoms. The van der Waals surface area contributed by atoms with Crippen molar-refractivity contribution in [2.45, 2.75) is 45.3 Å². The number of nitrogens with zero attached hydrogens (tertiary/aromatic N) is 1. The number of aliphatic hydroxyl groups is 1. The van der Waals surface area contributed by atoms with Crippen LogP contribution in [0.5, 0.6) is 0 Å². The second kappa shape index (κ2) is 6.26. The Morgan fingerprint density at radius 1 is 1.55 bits per heavy atom. The van der Waals surface area contributed by atoms with E-state index in [1.165, 1.54) is 0 Å². The van der Waals surface area contributed by atoms with E-state index in [0.717, 1.165) is 34.7 Å². The Hall–Kier alpha value is -1.59. The number of thiophene rings is 1. The first-order chi connectivity index (χ1) is 10.6. The van der Waals surface area contributed by atoms with Crippen molar-refractivity contribution >= 4 is 17.2 Å². The fourth-order valence-electron chi connectivity index (χ4n) is 3.20. The molecule has 0 aliphatic carbocycles. The summed E-state index contributed by atoms with van der Waals surface area (Å²) in [5.41, 5.74) is 0.807. The Morgan fingerprint density at radius 3 is 3.00 bits per heavy atom. The number of aryl methyl sites for hydroxylation is 2. The summed E-state index contributed by atoms with van der Waals surface area (Å²) in [5.74, 6) is 0.665. The standard InChI is InChI=1S/C17H21NO3S/c1-11-9-14(12(2)22-11)17(20)18-7-3-5-13(18)10-15(19)16-6-4-8-21-16/h4,6,8-9,13,15,19H,3,5,7,10H2,1-2H3. The fourth-order valence-corrected chi connectivity index (χ4v) is 4.12. The molecule has 0 aromatic carbocycles. The van der Waals surface area contributed by atoms with Crippen molar-refractivity contribution in [1.82, 2.24) is 4.90 Å². The number of carbonyl (C=O) groups excluding carboxylic acids is 1. The van der Waals surface area contributed by atoms with Gasteiger partial charge in [0, 0.05) is 28.8 Å². The third-order valence-electron chi connectivity index (χ3n) is 4.28. The van der Waals surface area contributed by atoms with Crippen molar-refractivity contribution in [3.05, 3.63) is 45.5 Å². The maximum atomic E-state index is 12.8. The van der Waals surface area contributed by atoms with Crippen LogP contribution in [0.4, 0.5) is 0 Å². The van der Waals surface area contributed by atoms with Crippen LogP contribution >= 0.6 is 11.3 Å². The summed E-state index contributed by atoms with van der Waals surface area (Å²) in [5, 5.41) is 10.3. The zero-order chi connectivity index (χ0) is 15.7. The molecule has 0 bridgehead atoms. The number of hydrogen-bond acceptors (Lipinski definition) is 4. The summed E-state index contributed by atoms with van der Waals surface area (Å²) in [6.07, 6.45) is 3.36. The Labute approximate surface area is 134 Å². The zero-order valence-electron chi connectivity index (χ0n) is 12.9. The molecule has 3 heterocycles. The molecular formula is C17H21NO3S. The van der Waals surface area contributed by atoms with E-state index in [0.29, 0.717) is 12.2 Å². The fraction of sp³-hybridized carbons (Fsp3) is 0.471. The Balaban J connectivity index is 1.73. The van der Waals surface area contributed by atoms with Crippen LogP contribution in [-0.4, -0.2) is 28.5 Å². The minimum atomic E-state index is -0.654. The molecule has 22 heavy (non-hydrogen) atoms. The summed E-state index contributed by atoms with van der Waals surface area (Å²) in [6, 6.07) is 5.60. The monoisotopic (exact) mass is 319 g/mol. The lowest BCUT2D eigenvalue weighted by molar-refractivity contribution is 0.0641. The van der Waals surface area contributed by atoms with E-state index in [-0.39, 0.29) is 11.9 Å². The van der Waals surface area contributed by atoms with E-state index in [9.17, 15) is 9.90 Å². The van der Waals surface area contributed by atoms with Gasteiger partial charge in [-0.1, -0.05) is 0 Å². The highest BCUT2D eigenvalue weighted by Gasteiger charge is 2.32. The topological polar surface area (TPSA) is 53.7 Å². The minimum Gasteiger partial charge on any atom is -0.467 e. The highest BCUT2D eigenvalue weighted by molar-refractivity contribution is 7.12. The first-order valence-corrected chi connectivity index (χ1v) is 8.47. The molecule has 0 radical (unpaired) electrons. The molecule has 118 valence electrons. The number of hydrogen-bond donors (Lipinski definition) is 1. The maximum absolute atomic E-state index is 12.8. The Morgan fingerprint density at radius 2 is 2.36 bits per heavy atom. The molecule has 2 aromatic rings. The van der Waals surface area contributed by atoms with Gasteiger partial charge in [0.2, 0.25) is 0 Å². The maximum Gasteiger partial charge on any atom is 0.255 e. The van der Waals surface area contributed by atoms with Crippen LogP contribution in [0.3, 0.4) is 0 Å². The number of aliphatic hydroxyl groups excluding tert-OH is 1. The molecule has 1 aliphatic heterocycles. The van der Waals surface area contributed by atoms with Crippen molar-refractivity contribution in [3.8, 4) is 0 Å².